The molecule has 0 heterocycles. The molecule has 0 radical (unpaired) electrons. The third kappa shape index (κ3) is 2.68. The van der Waals surface area contributed by atoms with Crippen molar-refractivity contribution in [2.45, 2.75) is 19.4 Å². The van der Waals surface area contributed by atoms with E-state index in [0.717, 1.165) is 16.3 Å². The molecule has 0 saturated heterocycles. The van der Waals surface area contributed by atoms with Gasteiger partial charge >= 0.3 is 5.97 Å². The largest absolute Gasteiger partial charge is 0.481 e. The van der Waals surface area contributed by atoms with E-state index in [9.17, 15) is 9.90 Å². The summed E-state index contributed by atoms with van der Waals surface area (Å²) in [7, 11) is 0. The predicted molar refractivity (Wildman–Crippen MR) is 70.3 cm³/mol. The molecule has 2 rings (SSSR count). The summed E-state index contributed by atoms with van der Waals surface area (Å²) in [6, 6.07) is 13.6. The van der Waals surface area contributed by atoms with E-state index < -0.39 is 18.0 Å². The summed E-state index contributed by atoms with van der Waals surface area (Å²) in [5.74, 6) is -1.43. The standard InChI is InChI=1S/C15H16O3/c1-10(15(17)18)8-14(16)13-7-6-11-4-2-3-5-12(11)9-13/h2-7,9-10,14,16H,8H2,1H3,(H,17,18). The van der Waals surface area contributed by atoms with Gasteiger partial charge in [0.1, 0.15) is 0 Å². The summed E-state index contributed by atoms with van der Waals surface area (Å²) in [5, 5.41) is 21.0. The van der Waals surface area contributed by atoms with Crippen LogP contribution in [0.2, 0.25) is 0 Å². The topological polar surface area (TPSA) is 57.5 Å². The van der Waals surface area contributed by atoms with Gasteiger partial charge in [0.25, 0.3) is 0 Å². The van der Waals surface area contributed by atoms with E-state index in [2.05, 4.69) is 0 Å². The first-order chi connectivity index (χ1) is 8.58. The fraction of sp³-hybridized carbons (Fsp3) is 0.267. The molecule has 0 aliphatic carbocycles. The smallest absolute Gasteiger partial charge is 0.306 e. The maximum Gasteiger partial charge on any atom is 0.306 e. The molecule has 3 heteroatoms. The van der Waals surface area contributed by atoms with Gasteiger partial charge in [-0.1, -0.05) is 43.3 Å². The fourth-order valence-electron chi connectivity index (χ4n) is 1.99. The molecule has 94 valence electrons. The van der Waals surface area contributed by atoms with Crippen LogP contribution in [-0.4, -0.2) is 16.2 Å². The Morgan fingerprint density at radius 2 is 1.83 bits per heavy atom. The number of carboxylic acids is 1. The minimum absolute atomic E-state index is 0.230. The van der Waals surface area contributed by atoms with Gasteiger partial charge in [0.2, 0.25) is 0 Å². The van der Waals surface area contributed by atoms with Gasteiger partial charge in [0.05, 0.1) is 12.0 Å². The van der Waals surface area contributed by atoms with Gasteiger partial charge in [-0.3, -0.25) is 4.79 Å². The predicted octanol–water partition coefficient (Wildman–Crippen LogP) is 2.98. The third-order valence-corrected chi connectivity index (χ3v) is 3.16. The molecule has 0 aliphatic rings. The van der Waals surface area contributed by atoms with Crippen LogP contribution in [0.4, 0.5) is 0 Å². The lowest BCUT2D eigenvalue weighted by atomic mass is 9.96. The minimum Gasteiger partial charge on any atom is -0.481 e. The summed E-state index contributed by atoms with van der Waals surface area (Å²) in [5.41, 5.74) is 0.766. The first kappa shape index (κ1) is 12.6. The molecule has 0 bridgehead atoms. The van der Waals surface area contributed by atoms with Crippen LogP contribution in [0.5, 0.6) is 0 Å². The average Bonchev–Trinajstić information content (AvgIpc) is 2.37. The lowest BCUT2D eigenvalue weighted by molar-refractivity contribution is -0.142. The molecule has 0 saturated carbocycles. The maximum absolute atomic E-state index is 10.8. The highest BCUT2D eigenvalue weighted by Gasteiger charge is 2.17. The van der Waals surface area contributed by atoms with E-state index in [-0.39, 0.29) is 6.42 Å². The molecule has 2 unspecified atom stereocenters. The van der Waals surface area contributed by atoms with Gasteiger partial charge in [-0.15, -0.1) is 0 Å². The van der Waals surface area contributed by atoms with Crippen molar-refractivity contribution in [3.05, 3.63) is 48.0 Å². The van der Waals surface area contributed by atoms with Crippen molar-refractivity contribution in [2.24, 2.45) is 5.92 Å². The highest BCUT2D eigenvalue weighted by Crippen LogP contribution is 2.24. The maximum atomic E-state index is 10.8. The molecule has 2 aromatic carbocycles. The van der Waals surface area contributed by atoms with Crippen LogP contribution in [0, 0.1) is 5.92 Å². The second-order valence-electron chi connectivity index (χ2n) is 4.60. The fourth-order valence-corrected chi connectivity index (χ4v) is 1.99. The van der Waals surface area contributed by atoms with Gasteiger partial charge in [-0.25, -0.2) is 0 Å². The Morgan fingerprint density at radius 3 is 2.50 bits per heavy atom. The van der Waals surface area contributed by atoms with Crippen LogP contribution in [0.25, 0.3) is 10.8 Å². The Bertz CT molecular complexity index is 562. The lowest BCUT2D eigenvalue weighted by Crippen LogP contribution is -2.13. The number of aliphatic carboxylic acids is 1. The number of hydrogen-bond donors (Lipinski definition) is 2. The zero-order valence-electron chi connectivity index (χ0n) is 10.2. The molecular weight excluding hydrogens is 228 g/mol. The molecule has 0 aliphatic heterocycles. The molecule has 2 atom stereocenters. The zero-order valence-corrected chi connectivity index (χ0v) is 10.2. The molecule has 0 aromatic heterocycles. The average molecular weight is 244 g/mol. The Kier molecular flexibility index (Phi) is 3.63. The van der Waals surface area contributed by atoms with Gasteiger partial charge in [0, 0.05) is 0 Å². The highest BCUT2D eigenvalue weighted by atomic mass is 16.4. The molecular formula is C15H16O3. The highest BCUT2D eigenvalue weighted by molar-refractivity contribution is 5.83. The van der Waals surface area contributed by atoms with Crippen LogP contribution in [0.3, 0.4) is 0 Å². The molecule has 0 spiro atoms. The van der Waals surface area contributed by atoms with Crippen molar-refractivity contribution in [3.8, 4) is 0 Å². The van der Waals surface area contributed by atoms with Crippen LogP contribution >= 0.6 is 0 Å². The molecule has 18 heavy (non-hydrogen) atoms. The summed E-state index contributed by atoms with van der Waals surface area (Å²) in [6.45, 7) is 1.60. The second-order valence-corrected chi connectivity index (χ2v) is 4.60. The number of carboxylic acid groups (broad SMARTS) is 1. The number of fused-ring (bicyclic) bond motifs is 1. The first-order valence-corrected chi connectivity index (χ1v) is 5.97. The number of aliphatic hydroxyl groups is 1. The van der Waals surface area contributed by atoms with Crippen molar-refractivity contribution in [1.29, 1.82) is 0 Å². The number of rotatable bonds is 4. The summed E-state index contributed by atoms with van der Waals surface area (Å²) >= 11 is 0. The Hall–Kier alpha value is -1.87. The van der Waals surface area contributed by atoms with Crippen molar-refractivity contribution >= 4 is 16.7 Å². The number of benzene rings is 2. The van der Waals surface area contributed by atoms with E-state index >= 15 is 0 Å². The van der Waals surface area contributed by atoms with Crippen LogP contribution < -0.4 is 0 Å². The van der Waals surface area contributed by atoms with E-state index in [1.54, 1.807) is 6.92 Å². The quantitative estimate of drug-likeness (QED) is 0.869. The van der Waals surface area contributed by atoms with E-state index in [1.165, 1.54) is 0 Å². The molecule has 3 nitrogen and oxygen atoms in total. The van der Waals surface area contributed by atoms with Crippen LogP contribution in [-0.2, 0) is 4.79 Å². The first-order valence-electron chi connectivity index (χ1n) is 5.97. The van der Waals surface area contributed by atoms with Gasteiger partial charge in [-0.05, 0) is 28.8 Å². The van der Waals surface area contributed by atoms with E-state index in [1.807, 2.05) is 42.5 Å². The second kappa shape index (κ2) is 5.19. The Morgan fingerprint density at radius 1 is 1.17 bits per heavy atom. The Balaban J connectivity index is 2.22. The Labute approximate surface area is 106 Å². The van der Waals surface area contributed by atoms with Crippen LogP contribution in [0.15, 0.2) is 42.5 Å². The molecule has 2 aromatic rings. The molecule has 0 amide bonds. The van der Waals surface area contributed by atoms with E-state index in [0.29, 0.717) is 0 Å². The number of carbonyl (C=O) groups is 1. The lowest BCUT2D eigenvalue weighted by Gasteiger charge is -2.14. The normalized spacial score (nSPS) is 14.3. The van der Waals surface area contributed by atoms with Crippen molar-refractivity contribution < 1.29 is 15.0 Å². The minimum atomic E-state index is -0.880. The SMILES string of the molecule is CC(CC(O)c1ccc2ccccc2c1)C(=O)O. The monoisotopic (exact) mass is 244 g/mol. The van der Waals surface area contributed by atoms with Crippen LogP contribution in [0.1, 0.15) is 25.0 Å². The molecule has 0 fully saturated rings. The zero-order chi connectivity index (χ0) is 13.1. The summed E-state index contributed by atoms with van der Waals surface area (Å²) in [4.78, 5) is 10.8. The third-order valence-electron chi connectivity index (χ3n) is 3.16. The van der Waals surface area contributed by atoms with Crippen molar-refractivity contribution in [3.63, 3.8) is 0 Å². The van der Waals surface area contributed by atoms with Crippen molar-refractivity contribution in [2.75, 3.05) is 0 Å². The van der Waals surface area contributed by atoms with Gasteiger partial charge < -0.3 is 10.2 Å². The van der Waals surface area contributed by atoms with Gasteiger partial charge in [-0.2, -0.15) is 0 Å². The number of aliphatic hydroxyl groups excluding tert-OH is 1. The molecule has 2 N–H and O–H groups in total. The summed E-state index contributed by atoms with van der Waals surface area (Å²) < 4.78 is 0. The number of hydrogen-bond acceptors (Lipinski definition) is 2. The van der Waals surface area contributed by atoms with Crippen molar-refractivity contribution in [1.82, 2.24) is 0 Å². The van der Waals surface area contributed by atoms with E-state index in [4.69, 9.17) is 5.11 Å². The summed E-state index contributed by atoms with van der Waals surface area (Å²) in [6.07, 6.45) is -0.506. The van der Waals surface area contributed by atoms with Gasteiger partial charge in [0.15, 0.2) is 0 Å².